The van der Waals surface area contributed by atoms with Crippen molar-refractivity contribution in [2.75, 3.05) is 19.4 Å². The van der Waals surface area contributed by atoms with E-state index in [1.807, 2.05) is 0 Å². The Balaban J connectivity index is 1.05. The molecule has 1 N–H and O–H groups in total. The number of hydrogen-bond acceptors (Lipinski definition) is 8. The molecule has 0 radical (unpaired) electrons. The van der Waals surface area contributed by atoms with Crippen LogP contribution in [0.3, 0.4) is 0 Å². The Morgan fingerprint density at radius 1 is 0.931 bits per heavy atom. The van der Waals surface area contributed by atoms with E-state index < -0.39 is 6.10 Å². The van der Waals surface area contributed by atoms with Crippen molar-refractivity contribution in [3.05, 3.63) is 82.2 Å². The van der Waals surface area contributed by atoms with Crippen LogP contribution in [0.5, 0.6) is 0 Å². The van der Waals surface area contributed by atoms with Crippen LogP contribution >= 0.6 is 21.6 Å². The molecule has 2 spiro atoms. The topological polar surface area (TPSA) is 68.2 Å². The summed E-state index contributed by atoms with van der Waals surface area (Å²) >= 11 is 0. The smallest absolute Gasteiger partial charge is 0.343 e. The van der Waals surface area contributed by atoms with E-state index in [-0.39, 0.29) is 41.2 Å². The fourth-order valence-corrected chi connectivity index (χ4v) is 19.5. The highest BCUT2D eigenvalue weighted by atomic mass is 33.1. The number of cyclic esters (lactones) is 1. The molecule has 4 saturated carbocycles. The molecule has 12 unspecified atom stereocenters. The Kier molecular flexibility index (Phi) is 10.1. The Hall–Kier alpha value is -2.13. The zero-order chi connectivity index (χ0) is 39.3. The number of methoxy groups -OCH3 is 1. The van der Waals surface area contributed by atoms with E-state index in [1.165, 1.54) is 89.0 Å². The van der Waals surface area contributed by atoms with E-state index >= 15 is 0 Å². The Labute approximate surface area is 354 Å². The molecule has 58 heavy (non-hydrogen) atoms. The van der Waals surface area contributed by atoms with Gasteiger partial charge in [-0.3, -0.25) is 4.90 Å². The molecule has 5 heterocycles. The molecule has 6 nitrogen and oxygen atoms in total. The van der Waals surface area contributed by atoms with E-state index in [2.05, 4.69) is 75.9 Å². The predicted octanol–water partition coefficient (Wildman–Crippen LogP) is 11.1. The summed E-state index contributed by atoms with van der Waals surface area (Å²) in [4.78, 5) is 15.7. The number of allylic oxidation sites excluding steroid dienone is 2. The van der Waals surface area contributed by atoms with E-state index in [9.17, 15) is 9.90 Å². The summed E-state index contributed by atoms with van der Waals surface area (Å²) in [5, 5.41) is 13.6. The van der Waals surface area contributed by atoms with E-state index in [0.29, 0.717) is 45.5 Å². The average Bonchev–Trinajstić information content (AvgIpc) is 4.10. The lowest BCUT2D eigenvalue weighted by atomic mass is 9.64. The first kappa shape index (κ1) is 38.8. The number of carbonyl (C=O) groups is 1. The van der Waals surface area contributed by atoms with Crippen molar-refractivity contribution < 1.29 is 24.1 Å². The van der Waals surface area contributed by atoms with Gasteiger partial charge >= 0.3 is 5.97 Å². The monoisotopic (exact) mass is 823 g/mol. The number of benzene rings is 1. The van der Waals surface area contributed by atoms with Crippen molar-refractivity contribution in [1.82, 2.24) is 4.90 Å². The van der Waals surface area contributed by atoms with Gasteiger partial charge in [-0.05, 0) is 124 Å². The molecule has 312 valence electrons. The number of carbonyl (C=O) groups excluding carboxylic acids is 1. The lowest BCUT2D eigenvalue weighted by Gasteiger charge is -2.54. The van der Waals surface area contributed by atoms with E-state index in [4.69, 9.17) is 14.2 Å². The van der Waals surface area contributed by atoms with Crippen LogP contribution in [0.2, 0.25) is 0 Å². The maximum atomic E-state index is 13.6. The summed E-state index contributed by atoms with van der Waals surface area (Å²) in [7, 11) is 6.08. The lowest BCUT2D eigenvalue weighted by Crippen LogP contribution is -2.62. The predicted molar refractivity (Wildman–Crippen MR) is 232 cm³/mol. The lowest BCUT2D eigenvalue weighted by molar-refractivity contribution is -0.133. The molecule has 3 bridgehead atoms. The van der Waals surface area contributed by atoms with Crippen LogP contribution in [-0.4, -0.2) is 58.3 Å². The van der Waals surface area contributed by atoms with Gasteiger partial charge in [0.2, 0.25) is 5.76 Å². The molecule has 5 aliphatic heterocycles. The SMILES string of the molecule is COC1=C(C)C(=O)OC1=C1OC2=CCCN3C(CC4C5CC6(CCC(C6)C6(CCCC6)SSCC6=CCC(C7CCCC7)CC6C(O)C53)C4c3ccccc3)C2C1C. The molecule has 1 aromatic carbocycles. The Bertz CT molecular complexity index is 1910. The number of aliphatic hydroxyl groups is 1. The summed E-state index contributed by atoms with van der Waals surface area (Å²) in [5.74, 6) is 7.44. The molecule has 5 aliphatic carbocycles. The quantitative estimate of drug-likeness (QED) is 0.184. The molecule has 1 aromatic rings. The van der Waals surface area contributed by atoms with Crippen LogP contribution in [0.1, 0.15) is 128 Å². The molecule has 0 aromatic heterocycles. The molecule has 11 rings (SSSR count). The van der Waals surface area contributed by atoms with Crippen molar-refractivity contribution in [3.8, 4) is 0 Å². The number of aliphatic hydroxyl groups excluding tert-OH is 1. The zero-order valence-corrected chi connectivity index (χ0v) is 36.7. The summed E-state index contributed by atoms with van der Waals surface area (Å²) < 4.78 is 19.0. The van der Waals surface area contributed by atoms with Gasteiger partial charge in [0.1, 0.15) is 5.76 Å². The second-order valence-electron chi connectivity index (χ2n) is 20.6. The van der Waals surface area contributed by atoms with Gasteiger partial charge in [0, 0.05) is 46.9 Å². The van der Waals surface area contributed by atoms with Crippen molar-refractivity contribution in [3.63, 3.8) is 0 Å². The van der Waals surface area contributed by atoms with Crippen LogP contribution in [0.15, 0.2) is 76.7 Å². The van der Waals surface area contributed by atoms with Crippen LogP contribution in [0.4, 0.5) is 0 Å². The van der Waals surface area contributed by atoms with Gasteiger partial charge in [-0.15, -0.1) is 0 Å². The second-order valence-corrected chi connectivity index (χ2v) is 23.3. The van der Waals surface area contributed by atoms with Crippen molar-refractivity contribution in [2.24, 2.45) is 52.8 Å². The van der Waals surface area contributed by atoms with Crippen molar-refractivity contribution in [2.45, 2.75) is 145 Å². The molecule has 7 fully saturated rings. The highest BCUT2D eigenvalue weighted by Crippen LogP contribution is 2.71. The summed E-state index contributed by atoms with van der Waals surface area (Å²) in [6, 6.07) is 12.0. The first-order valence-electron chi connectivity index (χ1n) is 23.4. The number of esters is 1. The van der Waals surface area contributed by atoms with Gasteiger partial charge < -0.3 is 19.3 Å². The van der Waals surface area contributed by atoms with Gasteiger partial charge in [0.15, 0.2) is 11.5 Å². The summed E-state index contributed by atoms with van der Waals surface area (Å²) in [5.41, 5.74) is 3.85. The number of fused-ring (bicyclic) bond motifs is 7. The highest BCUT2D eigenvalue weighted by molar-refractivity contribution is 8.77. The van der Waals surface area contributed by atoms with Crippen LogP contribution in [-0.2, 0) is 19.0 Å². The van der Waals surface area contributed by atoms with Crippen molar-refractivity contribution in [1.29, 1.82) is 0 Å². The fraction of sp³-hybridized carbons (Fsp3) is 0.700. The summed E-state index contributed by atoms with van der Waals surface area (Å²) in [6.07, 6.45) is 25.2. The third-order valence-electron chi connectivity index (χ3n) is 18.2. The number of ether oxygens (including phenoxy) is 3. The van der Waals surface area contributed by atoms with Gasteiger partial charge in [-0.2, -0.15) is 0 Å². The van der Waals surface area contributed by atoms with Gasteiger partial charge in [-0.25, -0.2) is 4.79 Å². The van der Waals surface area contributed by atoms with Gasteiger partial charge in [0.25, 0.3) is 0 Å². The summed E-state index contributed by atoms with van der Waals surface area (Å²) in [6.45, 7) is 5.02. The van der Waals surface area contributed by atoms with Crippen LogP contribution < -0.4 is 0 Å². The minimum Gasteiger partial charge on any atom is -0.492 e. The Morgan fingerprint density at radius 3 is 2.53 bits per heavy atom. The van der Waals surface area contributed by atoms with E-state index in [1.54, 1.807) is 19.6 Å². The maximum absolute atomic E-state index is 13.6. The fourth-order valence-electron chi connectivity index (χ4n) is 15.7. The molecule has 8 heteroatoms. The zero-order valence-electron chi connectivity index (χ0n) is 35.0. The standard InChI is InChI=1S/C50H65NO5S2/c1-29-41-39-25-37-38-27-49(42(37)32-14-5-4-6-15-32)22-19-35(26-49)50(20-9-10-21-50)58-57-28-34-18-17-33(31-12-7-8-13-31)24-36(34)44(52)43(38)51(39)23-11-16-40(41)55-46(29)47-45(54-3)30(2)48(53)56-47/h4-6,14-16,18,29,31,33,35-39,41-44,52H,7-13,17,19-28H2,1-3H3. The molecule has 3 saturated heterocycles. The number of nitrogens with zero attached hydrogens (tertiary/aromatic N) is 1. The molecule has 10 aliphatic rings. The third kappa shape index (κ3) is 6.04. The number of rotatable bonds is 3. The number of hydrogen-bond donors (Lipinski definition) is 1. The second kappa shape index (κ2) is 15.0. The normalized spacial score (nSPS) is 43.7. The average molecular weight is 824 g/mol. The molecule has 0 amide bonds. The minimum absolute atomic E-state index is 0.00423. The Morgan fingerprint density at radius 2 is 1.74 bits per heavy atom. The largest absolute Gasteiger partial charge is 0.492 e. The highest BCUT2D eigenvalue weighted by Gasteiger charge is 2.65. The first-order valence-corrected chi connectivity index (χ1v) is 25.7. The third-order valence-corrected chi connectivity index (χ3v) is 21.5. The molecule has 12 atom stereocenters. The molecular formula is C50H65NO5S2. The molecular weight excluding hydrogens is 759 g/mol. The maximum Gasteiger partial charge on any atom is 0.343 e. The minimum atomic E-state index is -0.403. The van der Waals surface area contributed by atoms with Crippen molar-refractivity contribution >= 4 is 27.6 Å². The van der Waals surface area contributed by atoms with Crippen LogP contribution in [0, 0.1) is 52.8 Å². The van der Waals surface area contributed by atoms with Gasteiger partial charge in [0.05, 0.1) is 18.8 Å². The van der Waals surface area contributed by atoms with Gasteiger partial charge in [-0.1, -0.05) is 109 Å². The number of piperidine rings is 1. The first-order chi connectivity index (χ1) is 28.3. The van der Waals surface area contributed by atoms with E-state index in [0.717, 1.165) is 54.9 Å². The van der Waals surface area contributed by atoms with Crippen LogP contribution in [0.25, 0.3) is 0 Å².